The van der Waals surface area contributed by atoms with Crippen molar-refractivity contribution in [2.75, 3.05) is 25.6 Å². The summed E-state index contributed by atoms with van der Waals surface area (Å²) in [6, 6.07) is 10.7. The van der Waals surface area contributed by atoms with Crippen LogP contribution in [0.15, 0.2) is 41.5 Å². The lowest BCUT2D eigenvalue weighted by Gasteiger charge is -2.12. The van der Waals surface area contributed by atoms with Crippen LogP contribution < -0.4 is 25.5 Å². The summed E-state index contributed by atoms with van der Waals surface area (Å²) in [5.41, 5.74) is 5.54. The van der Waals surface area contributed by atoms with E-state index in [1.807, 2.05) is 32.0 Å². The number of hydrogen-bond acceptors (Lipinski definition) is 6. The van der Waals surface area contributed by atoms with E-state index < -0.39 is 11.8 Å². The lowest BCUT2D eigenvalue weighted by Crippen LogP contribution is -2.37. The molecule has 3 amide bonds. The van der Waals surface area contributed by atoms with Crippen LogP contribution in [0.4, 0.5) is 5.69 Å². The number of nitrogens with zero attached hydrogens (tertiary/aromatic N) is 1. The van der Waals surface area contributed by atoms with Crippen LogP contribution in [0.3, 0.4) is 0 Å². The highest BCUT2D eigenvalue weighted by Crippen LogP contribution is 2.27. The zero-order valence-corrected chi connectivity index (χ0v) is 17.9. The molecule has 0 aliphatic heterocycles. The van der Waals surface area contributed by atoms with Gasteiger partial charge >= 0.3 is 11.8 Å². The number of methoxy groups -OCH3 is 1. The molecule has 164 valence electrons. The molecule has 0 spiro atoms. The van der Waals surface area contributed by atoms with Crippen molar-refractivity contribution in [2.24, 2.45) is 5.10 Å². The van der Waals surface area contributed by atoms with E-state index in [4.69, 9.17) is 9.47 Å². The number of benzene rings is 2. The first-order valence-corrected chi connectivity index (χ1v) is 9.62. The fourth-order valence-electron chi connectivity index (χ4n) is 2.73. The highest BCUT2D eigenvalue weighted by molar-refractivity contribution is 6.35. The first kappa shape index (κ1) is 23.4. The molecule has 0 saturated heterocycles. The summed E-state index contributed by atoms with van der Waals surface area (Å²) in [5.74, 6) is -1.16. The fraction of sp³-hybridized carbons (Fsp3) is 0.273. The Labute approximate surface area is 180 Å². The van der Waals surface area contributed by atoms with Gasteiger partial charge in [0.15, 0.2) is 18.1 Å². The van der Waals surface area contributed by atoms with E-state index >= 15 is 0 Å². The Balaban J connectivity index is 1.95. The van der Waals surface area contributed by atoms with E-state index in [0.717, 1.165) is 11.1 Å². The van der Waals surface area contributed by atoms with Crippen LogP contribution in [-0.4, -0.2) is 44.2 Å². The zero-order chi connectivity index (χ0) is 22.8. The third kappa shape index (κ3) is 7.46. The maximum atomic E-state index is 12.2. The second-order valence-corrected chi connectivity index (χ2v) is 6.68. The maximum absolute atomic E-state index is 12.2. The van der Waals surface area contributed by atoms with Gasteiger partial charge in [-0.1, -0.05) is 6.07 Å². The molecular formula is C22H26N4O5. The Morgan fingerprint density at radius 3 is 2.35 bits per heavy atom. The average molecular weight is 426 g/mol. The minimum Gasteiger partial charge on any atom is -0.493 e. The van der Waals surface area contributed by atoms with Gasteiger partial charge in [0.1, 0.15) is 0 Å². The third-order valence-electron chi connectivity index (χ3n) is 3.98. The van der Waals surface area contributed by atoms with Gasteiger partial charge in [-0.2, -0.15) is 5.10 Å². The first-order chi connectivity index (χ1) is 14.8. The number of aryl methyl sites for hydroxylation is 2. The summed E-state index contributed by atoms with van der Waals surface area (Å²) in [6.45, 7) is 5.77. The van der Waals surface area contributed by atoms with Gasteiger partial charge in [-0.15, -0.1) is 0 Å². The first-order valence-electron chi connectivity index (χ1n) is 9.62. The molecule has 2 rings (SSSR count). The Morgan fingerprint density at radius 2 is 1.71 bits per heavy atom. The number of likely N-dealkylation sites (N-methyl/N-ethyl adjacent to an activating group) is 1. The number of ether oxygens (including phenoxy) is 2. The molecule has 9 nitrogen and oxygen atoms in total. The van der Waals surface area contributed by atoms with Crippen LogP contribution in [0.2, 0.25) is 0 Å². The summed E-state index contributed by atoms with van der Waals surface area (Å²) in [4.78, 5) is 35.0. The fourth-order valence-corrected chi connectivity index (χ4v) is 2.73. The Hall–Kier alpha value is -3.88. The van der Waals surface area contributed by atoms with Crippen molar-refractivity contribution < 1.29 is 23.9 Å². The molecule has 0 aliphatic carbocycles. The predicted molar refractivity (Wildman–Crippen MR) is 117 cm³/mol. The van der Waals surface area contributed by atoms with Gasteiger partial charge < -0.3 is 20.1 Å². The van der Waals surface area contributed by atoms with Crippen molar-refractivity contribution in [1.82, 2.24) is 10.7 Å². The van der Waals surface area contributed by atoms with E-state index in [9.17, 15) is 14.4 Å². The predicted octanol–water partition coefficient (Wildman–Crippen LogP) is 1.92. The van der Waals surface area contributed by atoms with Gasteiger partial charge in [0.05, 0.1) is 13.3 Å². The highest BCUT2D eigenvalue weighted by atomic mass is 16.5. The zero-order valence-electron chi connectivity index (χ0n) is 17.9. The molecule has 0 heterocycles. The SMILES string of the molecule is CCNC(=O)C(=O)N/N=C\c1ccc(OCC(=O)Nc2cc(C)cc(C)c2)c(OC)c1. The minimum absolute atomic E-state index is 0.195. The molecule has 0 radical (unpaired) electrons. The van der Waals surface area contributed by atoms with Gasteiger partial charge in [0.2, 0.25) is 0 Å². The molecule has 0 saturated carbocycles. The monoisotopic (exact) mass is 426 g/mol. The van der Waals surface area contributed by atoms with Crippen molar-refractivity contribution in [3.63, 3.8) is 0 Å². The van der Waals surface area contributed by atoms with Crippen LogP contribution in [0.5, 0.6) is 11.5 Å². The van der Waals surface area contributed by atoms with Crippen LogP contribution in [0.25, 0.3) is 0 Å². The Kier molecular flexibility index (Phi) is 8.56. The van der Waals surface area contributed by atoms with Gasteiger partial charge in [-0.3, -0.25) is 14.4 Å². The molecular weight excluding hydrogens is 400 g/mol. The topological polar surface area (TPSA) is 118 Å². The van der Waals surface area contributed by atoms with Gasteiger partial charge in [-0.25, -0.2) is 5.43 Å². The number of hydrazone groups is 1. The maximum Gasteiger partial charge on any atom is 0.329 e. The summed E-state index contributed by atoms with van der Waals surface area (Å²) in [6.07, 6.45) is 1.36. The number of amides is 3. The quantitative estimate of drug-likeness (QED) is 0.339. The Morgan fingerprint density at radius 1 is 1.00 bits per heavy atom. The van der Waals surface area contributed by atoms with Gasteiger partial charge in [-0.05, 0) is 67.8 Å². The molecule has 0 unspecified atom stereocenters. The Bertz CT molecular complexity index is 968. The summed E-state index contributed by atoms with van der Waals surface area (Å²) in [5, 5.41) is 8.91. The number of hydrogen-bond donors (Lipinski definition) is 3. The molecule has 9 heteroatoms. The van der Waals surface area contributed by atoms with Crippen molar-refractivity contribution >= 4 is 29.6 Å². The van der Waals surface area contributed by atoms with E-state index in [1.165, 1.54) is 13.3 Å². The summed E-state index contributed by atoms with van der Waals surface area (Å²) >= 11 is 0. The number of carbonyl (C=O) groups excluding carboxylic acids is 3. The minimum atomic E-state index is -0.861. The second kappa shape index (κ2) is 11.3. The van der Waals surface area contributed by atoms with Gasteiger partial charge in [0, 0.05) is 12.2 Å². The standard InChI is InChI=1S/C22H26N4O5/c1-5-23-21(28)22(29)26-24-12-16-6-7-18(19(11-16)30-4)31-13-20(27)25-17-9-14(2)8-15(3)10-17/h6-12H,5,13H2,1-4H3,(H,23,28)(H,25,27)(H,26,29)/b24-12-. The van der Waals surface area contributed by atoms with Crippen LogP contribution >= 0.6 is 0 Å². The van der Waals surface area contributed by atoms with Gasteiger partial charge in [0.25, 0.3) is 5.91 Å². The smallest absolute Gasteiger partial charge is 0.329 e. The molecule has 0 aliphatic rings. The van der Waals surface area contributed by atoms with Crippen molar-refractivity contribution in [3.8, 4) is 11.5 Å². The molecule has 0 aromatic heterocycles. The number of carbonyl (C=O) groups is 3. The van der Waals surface area contributed by atoms with E-state index in [-0.39, 0.29) is 12.5 Å². The molecule has 0 fully saturated rings. The number of nitrogens with one attached hydrogen (secondary N) is 3. The summed E-state index contributed by atoms with van der Waals surface area (Å²) < 4.78 is 10.9. The largest absolute Gasteiger partial charge is 0.493 e. The highest BCUT2D eigenvalue weighted by Gasteiger charge is 2.11. The lowest BCUT2D eigenvalue weighted by atomic mass is 10.1. The van der Waals surface area contributed by atoms with Crippen molar-refractivity contribution in [1.29, 1.82) is 0 Å². The second-order valence-electron chi connectivity index (χ2n) is 6.68. The van der Waals surface area contributed by atoms with Crippen LogP contribution in [0, 0.1) is 13.8 Å². The molecule has 0 atom stereocenters. The summed E-state index contributed by atoms with van der Waals surface area (Å²) in [7, 11) is 1.47. The van der Waals surface area contributed by atoms with Crippen LogP contribution in [0.1, 0.15) is 23.6 Å². The third-order valence-corrected chi connectivity index (χ3v) is 3.98. The van der Waals surface area contributed by atoms with E-state index in [2.05, 4.69) is 21.2 Å². The molecule has 31 heavy (non-hydrogen) atoms. The number of anilines is 1. The van der Waals surface area contributed by atoms with E-state index in [1.54, 1.807) is 25.1 Å². The van der Waals surface area contributed by atoms with Crippen LogP contribution in [-0.2, 0) is 14.4 Å². The normalized spacial score (nSPS) is 10.5. The molecule has 2 aromatic carbocycles. The van der Waals surface area contributed by atoms with E-state index in [0.29, 0.717) is 29.3 Å². The molecule has 0 bridgehead atoms. The molecule has 2 aromatic rings. The lowest BCUT2D eigenvalue weighted by molar-refractivity contribution is -0.139. The van der Waals surface area contributed by atoms with Crippen molar-refractivity contribution in [3.05, 3.63) is 53.1 Å². The average Bonchev–Trinajstić information content (AvgIpc) is 2.71. The molecule has 3 N–H and O–H groups in total. The van der Waals surface area contributed by atoms with Crippen molar-refractivity contribution in [2.45, 2.75) is 20.8 Å². The number of rotatable bonds is 8.